The maximum absolute atomic E-state index is 13.1. The quantitative estimate of drug-likeness (QED) is 0.839. The van der Waals surface area contributed by atoms with Gasteiger partial charge < -0.3 is 11.1 Å². The smallest absolute Gasteiger partial charge is 0.251 e. The molecular weight excluding hydrogens is 231 g/mol. The van der Waals surface area contributed by atoms with E-state index in [9.17, 15) is 9.18 Å². The van der Waals surface area contributed by atoms with E-state index in [2.05, 4.69) is 5.32 Å². The number of amides is 1. The lowest BCUT2D eigenvalue weighted by molar-refractivity contribution is 0.0944. The van der Waals surface area contributed by atoms with Crippen molar-refractivity contribution in [2.24, 2.45) is 11.1 Å². The van der Waals surface area contributed by atoms with Gasteiger partial charge in [-0.2, -0.15) is 0 Å². The van der Waals surface area contributed by atoms with Gasteiger partial charge in [0.05, 0.1) is 0 Å². The Balaban J connectivity index is 1.93. The van der Waals surface area contributed by atoms with Gasteiger partial charge in [0.25, 0.3) is 5.91 Å². The van der Waals surface area contributed by atoms with Gasteiger partial charge in [-0.05, 0) is 61.9 Å². The summed E-state index contributed by atoms with van der Waals surface area (Å²) in [4.78, 5) is 11.9. The van der Waals surface area contributed by atoms with Crippen LogP contribution in [0.5, 0.6) is 0 Å². The summed E-state index contributed by atoms with van der Waals surface area (Å²) < 4.78 is 13.1. The van der Waals surface area contributed by atoms with Crippen LogP contribution in [-0.2, 0) is 0 Å². The van der Waals surface area contributed by atoms with Crippen molar-refractivity contribution in [1.29, 1.82) is 0 Å². The molecule has 1 aromatic rings. The lowest BCUT2D eigenvalue weighted by atomic mass is 10.0. The van der Waals surface area contributed by atoms with Gasteiger partial charge in [0.15, 0.2) is 0 Å². The fraction of sp³-hybridized carbons (Fsp3) is 0.500. The van der Waals surface area contributed by atoms with Gasteiger partial charge in [-0.3, -0.25) is 4.79 Å². The van der Waals surface area contributed by atoms with E-state index in [1.165, 1.54) is 12.1 Å². The molecule has 0 unspecified atom stereocenters. The first-order valence-corrected chi connectivity index (χ1v) is 6.31. The second-order valence-electron chi connectivity index (χ2n) is 5.19. The van der Waals surface area contributed by atoms with Crippen molar-refractivity contribution >= 4 is 5.91 Å². The highest BCUT2D eigenvalue weighted by atomic mass is 19.1. The molecule has 1 fully saturated rings. The average Bonchev–Trinajstić information content (AvgIpc) is 3.11. The van der Waals surface area contributed by atoms with E-state index >= 15 is 0 Å². The number of carbonyl (C=O) groups excluding carboxylic acids is 1. The zero-order valence-corrected chi connectivity index (χ0v) is 10.6. The van der Waals surface area contributed by atoms with Gasteiger partial charge in [-0.15, -0.1) is 0 Å². The van der Waals surface area contributed by atoms with Crippen molar-refractivity contribution in [2.75, 3.05) is 13.1 Å². The molecule has 1 aromatic carbocycles. The summed E-state index contributed by atoms with van der Waals surface area (Å²) >= 11 is 0. The zero-order chi connectivity index (χ0) is 13.2. The van der Waals surface area contributed by atoms with Crippen molar-refractivity contribution < 1.29 is 9.18 Å². The molecule has 3 nitrogen and oxygen atoms in total. The Kier molecular flexibility index (Phi) is 3.66. The van der Waals surface area contributed by atoms with Crippen LogP contribution >= 0.6 is 0 Å². The van der Waals surface area contributed by atoms with E-state index in [0.29, 0.717) is 24.2 Å². The van der Waals surface area contributed by atoms with Crippen molar-refractivity contribution in [1.82, 2.24) is 5.32 Å². The molecule has 0 bridgehead atoms. The minimum Gasteiger partial charge on any atom is -0.351 e. The van der Waals surface area contributed by atoms with Crippen molar-refractivity contribution in [2.45, 2.75) is 26.2 Å². The highest BCUT2D eigenvalue weighted by Gasteiger charge is 2.41. The molecule has 0 radical (unpaired) electrons. The lowest BCUT2D eigenvalue weighted by Crippen LogP contribution is -2.31. The second-order valence-corrected chi connectivity index (χ2v) is 5.19. The first-order valence-electron chi connectivity index (χ1n) is 6.31. The standard InChI is InChI=1S/C14H19FN2O/c1-10-8-11(2-3-12(10)15)13(18)17-9-14(4-5-14)6-7-16/h2-3,8H,4-7,9,16H2,1H3,(H,17,18). The predicted molar refractivity (Wildman–Crippen MR) is 68.8 cm³/mol. The topological polar surface area (TPSA) is 55.1 Å². The molecule has 0 atom stereocenters. The molecule has 1 aliphatic rings. The van der Waals surface area contributed by atoms with E-state index in [1.54, 1.807) is 13.0 Å². The number of hydrogen-bond donors (Lipinski definition) is 2. The average molecular weight is 250 g/mol. The number of aryl methyl sites for hydroxylation is 1. The van der Waals surface area contributed by atoms with Crippen LogP contribution in [0, 0.1) is 18.2 Å². The van der Waals surface area contributed by atoms with Crippen LogP contribution in [0.4, 0.5) is 4.39 Å². The first-order chi connectivity index (χ1) is 8.56. The SMILES string of the molecule is Cc1cc(C(=O)NCC2(CCN)CC2)ccc1F. The zero-order valence-electron chi connectivity index (χ0n) is 10.6. The molecule has 4 heteroatoms. The summed E-state index contributed by atoms with van der Waals surface area (Å²) in [6.45, 7) is 2.98. The van der Waals surface area contributed by atoms with Gasteiger partial charge >= 0.3 is 0 Å². The molecule has 2 rings (SSSR count). The van der Waals surface area contributed by atoms with E-state index in [1.807, 2.05) is 0 Å². The van der Waals surface area contributed by atoms with Crippen LogP contribution in [0.25, 0.3) is 0 Å². The van der Waals surface area contributed by atoms with Gasteiger partial charge in [0.2, 0.25) is 0 Å². The van der Waals surface area contributed by atoms with E-state index in [-0.39, 0.29) is 17.1 Å². The minimum absolute atomic E-state index is 0.138. The molecule has 3 N–H and O–H groups in total. The van der Waals surface area contributed by atoms with E-state index < -0.39 is 0 Å². The van der Waals surface area contributed by atoms with Gasteiger partial charge in [-0.25, -0.2) is 4.39 Å². The fourth-order valence-corrected chi connectivity index (χ4v) is 2.15. The number of halogens is 1. The second kappa shape index (κ2) is 5.06. The Morgan fingerprint density at radius 1 is 1.50 bits per heavy atom. The number of rotatable bonds is 5. The Labute approximate surface area is 107 Å². The third kappa shape index (κ3) is 2.88. The van der Waals surface area contributed by atoms with Crippen LogP contribution in [0.15, 0.2) is 18.2 Å². The van der Waals surface area contributed by atoms with Gasteiger partial charge in [-0.1, -0.05) is 0 Å². The maximum atomic E-state index is 13.1. The monoisotopic (exact) mass is 250 g/mol. The number of nitrogens with two attached hydrogens (primary N) is 1. The van der Waals surface area contributed by atoms with Crippen LogP contribution in [0.3, 0.4) is 0 Å². The summed E-state index contributed by atoms with van der Waals surface area (Å²) in [5.74, 6) is -0.422. The Hall–Kier alpha value is -1.42. The summed E-state index contributed by atoms with van der Waals surface area (Å²) in [7, 11) is 0. The number of carbonyl (C=O) groups is 1. The van der Waals surface area contributed by atoms with Gasteiger partial charge in [0.1, 0.15) is 5.82 Å². The van der Waals surface area contributed by atoms with Crippen LogP contribution in [0.1, 0.15) is 35.2 Å². The van der Waals surface area contributed by atoms with Crippen LogP contribution in [-0.4, -0.2) is 19.0 Å². The number of nitrogens with one attached hydrogen (secondary N) is 1. The third-order valence-electron chi connectivity index (χ3n) is 3.68. The van der Waals surface area contributed by atoms with Crippen molar-refractivity contribution in [3.63, 3.8) is 0 Å². The van der Waals surface area contributed by atoms with Crippen LogP contribution in [0.2, 0.25) is 0 Å². The van der Waals surface area contributed by atoms with E-state index in [0.717, 1.165) is 19.3 Å². The molecule has 1 aliphatic carbocycles. The highest BCUT2D eigenvalue weighted by molar-refractivity contribution is 5.94. The third-order valence-corrected chi connectivity index (χ3v) is 3.68. The normalized spacial score (nSPS) is 16.4. The fourth-order valence-electron chi connectivity index (χ4n) is 2.15. The maximum Gasteiger partial charge on any atom is 0.251 e. The highest BCUT2D eigenvalue weighted by Crippen LogP contribution is 2.47. The number of benzene rings is 1. The van der Waals surface area contributed by atoms with Crippen molar-refractivity contribution in [3.8, 4) is 0 Å². The molecular formula is C14H19FN2O. The largest absolute Gasteiger partial charge is 0.351 e. The number of hydrogen-bond acceptors (Lipinski definition) is 2. The van der Waals surface area contributed by atoms with Crippen molar-refractivity contribution in [3.05, 3.63) is 35.1 Å². The molecule has 98 valence electrons. The Morgan fingerprint density at radius 3 is 2.78 bits per heavy atom. The molecule has 18 heavy (non-hydrogen) atoms. The summed E-state index contributed by atoms with van der Waals surface area (Å²) in [6.07, 6.45) is 3.22. The minimum atomic E-state index is -0.284. The Morgan fingerprint density at radius 2 is 2.22 bits per heavy atom. The van der Waals surface area contributed by atoms with E-state index in [4.69, 9.17) is 5.73 Å². The molecule has 0 heterocycles. The van der Waals surface area contributed by atoms with Crippen LogP contribution < -0.4 is 11.1 Å². The Bertz CT molecular complexity index is 455. The molecule has 0 aromatic heterocycles. The van der Waals surface area contributed by atoms with Gasteiger partial charge in [0, 0.05) is 12.1 Å². The summed E-state index contributed by atoms with van der Waals surface area (Å²) in [6, 6.07) is 4.42. The molecule has 1 saturated carbocycles. The summed E-state index contributed by atoms with van der Waals surface area (Å²) in [5.41, 5.74) is 6.78. The molecule has 0 saturated heterocycles. The molecule has 0 spiro atoms. The molecule has 1 amide bonds. The molecule has 0 aliphatic heterocycles. The lowest BCUT2D eigenvalue weighted by Gasteiger charge is -2.15. The summed E-state index contributed by atoms with van der Waals surface area (Å²) in [5, 5.41) is 2.92. The first kappa shape index (κ1) is 13.0. The predicted octanol–water partition coefficient (Wildman–Crippen LogP) is 1.99.